The van der Waals surface area contributed by atoms with Crippen molar-refractivity contribution in [1.29, 1.82) is 0 Å². The zero-order valence-electron chi connectivity index (χ0n) is 11.2. The number of benzene rings is 1. The smallest absolute Gasteiger partial charge is 0.269 e. The molecule has 2 heterocycles. The van der Waals surface area contributed by atoms with Crippen LogP contribution in [0.1, 0.15) is 19.3 Å². The van der Waals surface area contributed by atoms with E-state index in [4.69, 9.17) is 23.2 Å². The van der Waals surface area contributed by atoms with E-state index in [9.17, 15) is 4.21 Å². The maximum Gasteiger partial charge on any atom is 0.269 e. The molecule has 1 aromatic carbocycles. The first-order chi connectivity index (χ1) is 10.1. The monoisotopic (exact) mass is 344 g/mol. The maximum atomic E-state index is 11.6. The van der Waals surface area contributed by atoms with Gasteiger partial charge in [0.15, 0.2) is 11.7 Å². The van der Waals surface area contributed by atoms with Crippen molar-refractivity contribution in [2.75, 3.05) is 18.4 Å². The average molecular weight is 345 g/mol. The Morgan fingerprint density at radius 3 is 2.57 bits per heavy atom. The van der Waals surface area contributed by atoms with Crippen molar-refractivity contribution >= 4 is 51.7 Å². The zero-order chi connectivity index (χ0) is 14.8. The van der Waals surface area contributed by atoms with Crippen LogP contribution in [-0.2, 0) is 11.2 Å². The number of hydrogen-bond donors (Lipinski definition) is 1. The first kappa shape index (κ1) is 14.8. The molecule has 0 aromatic heterocycles. The Labute approximate surface area is 135 Å². The van der Waals surface area contributed by atoms with E-state index in [0.29, 0.717) is 21.7 Å². The lowest BCUT2D eigenvalue weighted by Crippen LogP contribution is -2.41. The summed E-state index contributed by atoms with van der Waals surface area (Å²) in [6.07, 6.45) is 3.46. The summed E-state index contributed by atoms with van der Waals surface area (Å²) >= 11 is 10.3. The largest absolute Gasteiger partial charge is 0.353 e. The Bertz CT molecular complexity index is 641. The molecule has 1 atom stereocenters. The van der Waals surface area contributed by atoms with E-state index < -0.39 is 11.2 Å². The topological polar surface area (TPSA) is 57.1 Å². The van der Waals surface area contributed by atoms with Gasteiger partial charge in [0.25, 0.3) is 11.2 Å². The molecule has 0 aliphatic carbocycles. The Morgan fingerprint density at radius 1 is 1.10 bits per heavy atom. The highest BCUT2D eigenvalue weighted by molar-refractivity contribution is 7.83. The summed E-state index contributed by atoms with van der Waals surface area (Å²) in [5.74, 6) is 1.19. The van der Waals surface area contributed by atoms with Crippen molar-refractivity contribution in [3.05, 3.63) is 28.2 Å². The SMILES string of the molecule is O=S1N=C(Nc2ccc(Cl)c(Cl)c2)C(N2CCCCC2)=N1. The molecule has 21 heavy (non-hydrogen) atoms. The second kappa shape index (κ2) is 6.34. The minimum absolute atomic E-state index is 0.456. The van der Waals surface area contributed by atoms with Gasteiger partial charge in [-0.15, -0.1) is 8.80 Å². The fourth-order valence-corrected chi connectivity index (χ4v) is 3.33. The molecule has 0 spiro atoms. The lowest BCUT2D eigenvalue weighted by Gasteiger charge is -2.28. The zero-order valence-corrected chi connectivity index (χ0v) is 13.5. The number of hydrogen-bond acceptors (Lipinski definition) is 3. The first-order valence-electron chi connectivity index (χ1n) is 6.70. The van der Waals surface area contributed by atoms with Crippen molar-refractivity contribution in [3.8, 4) is 0 Å². The maximum absolute atomic E-state index is 11.6. The predicted octanol–water partition coefficient (Wildman–Crippen LogP) is 3.28. The van der Waals surface area contributed by atoms with E-state index in [-0.39, 0.29) is 0 Å². The molecule has 1 aromatic rings. The number of amidine groups is 2. The number of likely N-dealkylation sites (tertiary alicyclic amines) is 1. The molecule has 8 heteroatoms. The summed E-state index contributed by atoms with van der Waals surface area (Å²) in [5, 5.41) is 4.07. The number of rotatable bonds is 1. The van der Waals surface area contributed by atoms with Crippen LogP contribution in [0.3, 0.4) is 0 Å². The van der Waals surface area contributed by atoms with Crippen LogP contribution >= 0.6 is 23.2 Å². The molecule has 2 aliphatic rings. The van der Waals surface area contributed by atoms with Crippen LogP contribution in [0.15, 0.2) is 27.0 Å². The lowest BCUT2D eigenvalue weighted by atomic mass is 10.1. The molecule has 0 amide bonds. The van der Waals surface area contributed by atoms with Gasteiger partial charge in [-0.05, 0) is 37.5 Å². The highest BCUT2D eigenvalue weighted by Crippen LogP contribution is 2.25. The molecule has 1 N–H and O–H groups in total. The molecule has 0 radical (unpaired) electrons. The normalized spacial score (nSPS) is 22.0. The number of nitrogens with zero attached hydrogens (tertiary/aromatic N) is 3. The molecule has 3 rings (SSSR count). The molecule has 0 saturated carbocycles. The molecule has 2 aliphatic heterocycles. The van der Waals surface area contributed by atoms with E-state index in [1.54, 1.807) is 18.2 Å². The van der Waals surface area contributed by atoms with Gasteiger partial charge < -0.3 is 10.2 Å². The van der Waals surface area contributed by atoms with Crippen molar-refractivity contribution in [2.45, 2.75) is 19.3 Å². The summed E-state index contributed by atoms with van der Waals surface area (Å²) in [5.41, 5.74) is 0.742. The van der Waals surface area contributed by atoms with Gasteiger partial charge in [-0.2, -0.15) is 0 Å². The van der Waals surface area contributed by atoms with Gasteiger partial charge in [0.1, 0.15) is 0 Å². The van der Waals surface area contributed by atoms with Crippen LogP contribution in [0.5, 0.6) is 0 Å². The highest BCUT2D eigenvalue weighted by atomic mass is 35.5. The second-order valence-electron chi connectivity index (χ2n) is 4.89. The first-order valence-corrected chi connectivity index (χ1v) is 8.52. The molecule has 5 nitrogen and oxygen atoms in total. The summed E-state index contributed by atoms with van der Waals surface area (Å²) in [6, 6.07) is 5.21. The van der Waals surface area contributed by atoms with E-state index in [2.05, 4.69) is 19.0 Å². The Morgan fingerprint density at radius 2 is 1.86 bits per heavy atom. The summed E-state index contributed by atoms with van der Waals surface area (Å²) < 4.78 is 19.8. The molecule has 112 valence electrons. The number of nitrogens with one attached hydrogen (secondary N) is 1. The molecule has 0 bridgehead atoms. The van der Waals surface area contributed by atoms with Gasteiger partial charge in [0.2, 0.25) is 0 Å². The van der Waals surface area contributed by atoms with Crippen LogP contribution in [0.2, 0.25) is 10.0 Å². The Balaban J connectivity index is 1.80. The van der Waals surface area contributed by atoms with Crippen LogP contribution in [-0.4, -0.2) is 33.9 Å². The molecular weight excluding hydrogens is 331 g/mol. The minimum Gasteiger partial charge on any atom is -0.353 e. The number of piperidine rings is 1. The van der Waals surface area contributed by atoms with Gasteiger partial charge >= 0.3 is 0 Å². The van der Waals surface area contributed by atoms with Gasteiger partial charge in [-0.1, -0.05) is 23.2 Å². The Hall–Kier alpha value is -1.11. The van der Waals surface area contributed by atoms with Crippen molar-refractivity contribution in [1.82, 2.24) is 4.90 Å². The standard InChI is InChI=1S/C13H14Cl2N4OS/c14-10-5-4-9(8-11(10)15)16-12-13(18-21(20)17-12)19-6-2-1-3-7-19/h4-5,8H,1-3,6-7H2,(H,16,17). The van der Waals surface area contributed by atoms with E-state index in [1.807, 2.05) is 0 Å². The third-order valence-electron chi connectivity index (χ3n) is 3.38. The number of anilines is 1. The van der Waals surface area contributed by atoms with E-state index >= 15 is 0 Å². The van der Waals surface area contributed by atoms with Crippen LogP contribution in [0, 0.1) is 0 Å². The van der Waals surface area contributed by atoms with Crippen LogP contribution in [0.25, 0.3) is 0 Å². The fourth-order valence-electron chi connectivity index (χ4n) is 2.36. The summed E-state index contributed by atoms with van der Waals surface area (Å²) in [4.78, 5) is 2.12. The van der Waals surface area contributed by atoms with Gasteiger partial charge in [0.05, 0.1) is 10.0 Å². The van der Waals surface area contributed by atoms with Gasteiger partial charge in [-0.3, -0.25) is 0 Å². The highest BCUT2D eigenvalue weighted by Gasteiger charge is 2.26. The molecular formula is C13H14Cl2N4OS. The summed E-state index contributed by atoms with van der Waals surface area (Å²) in [6.45, 7) is 1.83. The lowest BCUT2D eigenvalue weighted by molar-refractivity contribution is 0.346. The quantitative estimate of drug-likeness (QED) is 0.850. The van der Waals surface area contributed by atoms with Crippen molar-refractivity contribution < 1.29 is 4.21 Å². The van der Waals surface area contributed by atoms with Gasteiger partial charge in [-0.25, -0.2) is 4.21 Å². The second-order valence-corrected chi connectivity index (χ2v) is 6.53. The van der Waals surface area contributed by atoms with Crippen molar-refractivity contribution in [3.63, 3.8) is 0 Å². The van der Waals surface area contributed by atoms with Crippen LogP contribution < -0.4 is 5.32 Å². The van der Waals surface area contributed by atoms with Gasteiger partial charge in [0, 0.05) is 18.8 Å². The van der Waals surface area contributed by atoms with Crippen LogP contribution in [0.4, 0.5) is 5.69 Å². The molecule has 1 fully saturated rings. The average Bonchev–Trinajstić information content (AvgIpc) is 2.85. The fraction of sp³-hybridized carbons (Fsp3) is 0.385. The number of halogens is 2. The molecule has 1 saturated heterocycles. The predicted molar refractivity (Wildman–Crippen MR) is 88.5 cm³/mol. The van der Waals surface area contributed by atoms with Crippen molar-refractivity contribution in [2.24, 2.45) is 8.80 Å². The molecule has 1 unspecified atom stereocenters. The van der Waals surface area contributed by atoms with E-state index in [1.165, 1.54) is 6.42 Å². The minimum atomic E-state index is -1.56. The van der Waals surface area contributed by atoms with E-state index in [0.717, 1.165) is 31.6 Å². The third-order valence-corrected chi connectivity index (χ3v) is 4.79. The summed E-state index contributed by atoms with van der Waals surface area (Å²) in [7, 11) is 0. The Kier molecular flexibility index (Phi) is 4.47. The third kappa shape index (κ3) is 3.39.